The third-order valence-electron chi connectivity index (χ3n) is 6.11. The standard InChI is InChI=1S/C24H26N8O2/c1-30-23(33)20-22(32(24(30)34)16-17-5-4-10-25-15-17)29-28-21(27-20)18-6-8-19(9-7-18)26-11-14-31-12-2-3-13-31/h4-10,15,26H,2-3,11-14,16H2,1H3. The van der Waals surface area contributed by atoms with Crippen molar-refractivity contribution in [1.82, 2.24) is 34.2 Å². The van der Waals surface area contributed by atoms with Gasteiger partial charge in [0.15, 0.2) is 17.0 Å². The summed E-state index contributed by atoms with van der Waals surface area (Å²) in [6.45, 7) is 4.50. The molecule has 0 radical (unpaired) electrons. The van der Waals surface area contributed by atoms with Gasteiger partial charge in [-0.25, -0.2) is 9.78 Å². The maximum atomic E-state index is 12.8. The fourth-order valence-corrected chi connectivity index (χ4v) is 4.20. The number of nitrogens with one attached hydrogen (secondary N) is 1. The molecule has 1 saturated heterocycles. The van der Waals surface area contributed by atoms with Crippen molar-refractivity contribution < 1.29 is 0 Å². The smallest absolute Gasteiger partial charge is 0.332 e. The van der Waals surface area contributed by atoms with E-state index in [-0.39, 0.29) is 17.7 Å². The molecular weight excluding hydrogens is 432 g/mol. The van der Waals surface area contributed by atoms with Gasteiger partial charge >= 0.3 is 5.69 Å². The molecule has 1 fully saturated rings. The second-order valence-electron chi connectivity index (χ2n) is 8.45. The number of likely N-dealkylation sites (tertiary alicyclic amines) is 1. The van der Waals surface area contributed by atoms with Crippen molar-refractivity contribution >= 4 is 16.9 Å². The molecule has 0 aliphatic carbocycles. The minimum atomic E-state index is -0.501. The molecule has 5 rings (SSSR count). The van der Waals surface area contributed by atoms with E-state index in [1.54, 1.807) is 18.5 Å². The van der Waals surface area contributed by atoms with Gasteiger partial charge in [-0.05, 0) is 61.8 Å². The average Bonchev–Trinajstić information content (AvgIpc) is 3.40. The highest BCUT2D eigenvalue weighted by Crippen LogP contribution is 2.18. The SMILES string of the molecule is Cn1c(=O)c2nc(-c3ccc(NCCN4CCCC4)cc3)nnc2n(Cc2cccnc2)c1=O. The summed E-state index contributed by atoms with van der Waals surface area (Å²) in [4.78, 5) is 36.6. The molecule has 4 heterocycles. The molecule has 1 N–H and O–H groups in total. The van der Waals surface area contributed by atoms with Crippen LogP contribution in [0.5, 0.6) is 0 Å². The minimum absolute atomic E-state index is 0.101. The van der Waals surface area contributed by atoms with Crippen molar-refractivity contribution in [2.75, 3.05) is 31.5 Å². The van der Waals surface area contributed by atoms with E-state index in [4.69, 9.17) is 0 Å². The maximum Gasteiger partial charge on any atom is 0.332 e. The third-order valence-corrected chi connectivity index (χ3v) is 6.11. The second-order valence-corrected chi connectivity index (χ2v) is 8.45. The fourth-order valence-electron chi connectivity index (χ4n) is 4.20. The van der Waals surface area contributed by atoms with Gasteiger partial charge in [0.25, 0.3) is 5.56 Å². The Bertz CT molecular complexity index is 1410. The predicted octanol–water partition coefficient (Wildman–Crippen LogP) is 1.50. The largest absolute Gasteiger partial charge is 0.384 e. The van der Waals surface area contributed by atoms with Gasteiger partial charge in [0.2, 0.25) is 0 Å². The molecule has 0 atom stereocenters. The second kappa shape index (κ2) is 9.52. The molecule has 10 heteroatoms. The molecule has 0 unspecified atom stereocenters. The van der Waals surface area contributed by atoms with Crippen LogP contribution in [0.4, 0.5) is 5.69 Å². The van der Waals surface area contributed by atoms with Crippen LogP contribution in [0.15, 0.2) is 58.4 Å². The van der Waals surface area contributed by atoms with E-state index in [2.05, 4.69) is 30.4 Å². The van der Waals surface area contributed by atoms with E-state index in [0.29, 0.717) is 5.82 Å². The van der Waals surface area contributed by atoms with E-state index in [1.165, 1.54) is 37.5 Å². The monoisotopic (exact) mass is 458 g/mol. The lowest BCUT2D eigenvalue weighted by atomic mass is 10.2. The highest BCUT2D eigenvalue weighted by atomic mass is 16.2. The predicted molar refractivity (Wildman–Crippen MR) is 130 cm³/mol. The third kappa shape index (κ3) is 4.44. The number of hydrogen-bond donors (Lipinski definition) is 1. The van der Waals surface area contributed by atoms with Crippen molar-refractivity contribution in [3.8, 4) is 11.4 Å². The van der Waals surface area contributed by atoms with Gasteiger partial charge in [0.05, 0.1) is 6.54 Å². The Balaban J connectivity index is 1.41. The van der Waals surface area contributed by atoms with Crippen molar-refractivity contribution in [3.05, 3.63) is 75.2 Å². The van der Waals surface area contributed by atoms with Gasteiger partial charge in [-0.1, -0.05) is 6.07 Å². The van der Waals surface area contributed by atoms with Crippen LogP contribution >= 0.6 is 0 Å². The van der Waals surface area contributed by atoms with Gasteiger partial charge in [-0.15, -0.1) is 10.2 Å². The summed E-state index contributed by atoms with van der Waals surface area (Å²) in [5, 5.41) is 11.9. The molecule has 0 saturated carbocycles. The molecule has 3 aromatic heterocycles. The molecule has 1 aliphatic heterocycles. The molecule has 34 heavy (non-hydrogen) atoms. The molecule has 1 aliphatic rings. The van der Waals surface area contributed by atoms with Crippen LogP contribution in [0.1, 0.15) is 18.4 Å². The molecule has 10 nitrogen and oxygen atoms in total. The summed E-state index contributed by atoms with van der Waals surface area (Å²) in [6, 6.07) is 11.4. The number of anilines is 1. The maximum absolute atomic E-state index is 12.8. The molecule has 0 amide bonds. The lowest BCUT2D eigenvalue weighted by Crippen LogP contribution is -2.39. The number of rotatable bonds is 7. The van der Waals surface area contributed by atoms with Crippen LogP contribution in [-0.2, 0) is 13.6 Å². The fraction of sp³-hybridized carbons (Fsp3) is 0.333. The summed E-state index contributed by atoms with van der Waals surface area (Å²) in [7, 11) is 1.44. The molecular formula is C24H26N8O2. The zero-order valence-corrected chi connectivity index (χ0v) is 19.0. The van der Waals surface area contributed by atoms with Gasteiger partial charge < -0.3 is 10.2 Å². The van der Waals surface area contributed by atoms with Crippen LogP contribution in [0.25, 0.3) is 22.6 Å². The average molecular weight is 459 g/mol. The number of hydrogen-bond acceptors (Lipinski definition) is 8. The van der Waals surface area contributed by atoms with Crippen LogP contribution in [0, 0.1) is 0 Å². The first kappa shape index (κ1) is 21.9. The Morgan fingerprint density at radius 2 is 1.82 bits per heavy atom. The van der Waals surface area contributed by atoms with Crippen molar-refractivity contribution in [2.45, 2.75) is 19.4 Å². The van der Waals surface area contributed by atoms with Gasteiger partial charge in [0, 0.05) is 43.8 Å². The molecule has 0 spiro atoms. The van der Waals surface area contributed by atoms with Gasteiger partial charge in [-0.3, -0.25) is 18.9 Å². The van der Waals surface area contributed by atoms with Crippen LogP contribution in [-0.4, -0.2) is 60.4 Å². The summed E-state index contributed by atoms with van der Waals surface area (Å²) in [5.41, 5.74) is 1.84. The summed E-state index contributed by atoms with van der Waals surface area (Å²) >= 11 is 0. The zero-order chi connectivity index (χ0) is 23.5. The van der Waals surface area contributed by atoms with Gasteiger partial charge in [0.1, 0.15) is 0 Å². The van der Waals surface area contributed by atoms with E-state index in [0.717, 1.165) is 34.5 Å². The van der Waals surface area contributed by atoms with E-state index in [9.17, 15) is 9.59 Å². The first-order chi connectivity index (χ1) is 16.6. The van der Waals surface area contributed by atoms with Crippen LogP contribution in [0.3, 0.4) is 0 Å². The highest BCUT2D eigenvalue weighted by molar-refractivity contribution is 5.71. The van der Waals surface area contributed by atoms with Gasteiger partial charge in [-0.2, -0.15) is 0 Å². The quantitative estimate of drug-likeness (QED) is 0.444. The Hall–Kier alpha value is -3.92. The van der Waals surface area contributed by atoms with E-state index >= 15 is 0 Å². The normalized spacial score (nSPS) is 14.0. The summed E-state index contributed by atoms with van der Waals surface area (Å²) < 4.78 is 2.44. The Morgan fingerprint density at radius 1 is 1.03 bits per heavy atom. The highest BCUT2D eigenvalue weighted by Gasteiger charge is 2.16. The Morgan fingerprint density at radius 3 is 2.56 bits per heavy atom. The first-order valence-electron chi connectivity index (χ1n) is 11.4. The molecule has 0 bridgehead atoms. The number of nitrogens with zero attached hydrogens (tertiary/aromatic N) is 7. The van der Waals surface area contributed by atoms with Crippen molar-refractivity contribution in [2.24, 2.45) is 7.05 Å². The summed E-state index contributed by atoms with van der Waals surface area (Å²) in [5.74, 6) is 0.333. The molecule has 4 aromatic rings. The lowest BCUT2D eigenvalue weighted by molar-refractivity contribution is 0.352. The number of aromatic nitrogens is 6. The number of benzene rings is 1. The van der Waals surface area contributed by atoms with Crippen LogP contribution < -0.4 is 16.6 Å². The zero-order valence-electron chi connectivity index (χ0n) is 19.0. The van der Waals surface area contributed by atoms with Crippen LogP contribution in [0.2, 0.25) is 0 Å². The van der Waals surface area contributed by atoms with E-state index < -0.39 is 11.2 Å². The summed E-state index contributed by atoms with van der Waals surface area (Å²) in [6.07, 6.45) is 5.90. The van der Waals surface area contributed by atoms with Crippen molar-refractivity contribution in [1.29, 1.82) is 0 Å². The Kier molecular flexibility index (Phi) is 6.13. The number of pyridine rings is 1. The Labute approximate surface area is 195 Å². The first-order valence-corrected chi connectivity index (χ1v) is 11.4. The molecule has 174 valence electrons. The lowest BCUT2D eigenvalue weighted by Gasteiger charge is -2.15. The van der Waals surface area contributed by atoms with E-state index in [1.807, 2.05) is 30.3 Å². The van der Waals surface area contributed by atoms with Crippen molar-refractivity contribution in [3.63, 3.8) is 0 Å². The topological polar surface area (TPSA) is 111 Å². The minimum Gasteiger partial charge on any atom is -0.384 e. The molecule has 1 aromatic carbocycles. The number of fused-ring (bicyclic) bond motifs is 1.